The predicted molar refractivity (Wildman–Crippen MR) is 105 cm³/mol. The van der Waals surface area contributed by atoms with Gasteiger partial charge in [-0.2, -0.15) is 10.4 Å². The van der Waals surface area contributed by atoms with Gasteiger partial charge in [0.25, 0.3) is 0 Å². The van der Waals surface area contributed by atoms with Crippen LogP contribution in [0.3, 0.4) is 0 Å². The Balaban J connectivity index is 1.84. The summed E-state index contributed by atoms with van der Waals surface area (Å²) in [7, 11) is 1.59. The molecule has 27 heavy (non-hydrogen) atoms. The standard InChI is InChI=1S/C19H13BrN6O/c1-27-17-3-2-13(20)8-15(17)16(4-6-21)26-10-12(9-25-26)18-14-5-7-22-19(14)24-11-23-18/h2-5,7-11H,1H3,(H,22,23,24)/b16-4-. The van der Waals surface area contributed by atoms with E-state index in [1.807, 2.05) is 36.7 Å². The summed E-state index contributed by atoms with van der Waals surface area (Å²) >= 11 is 3.47. The Morgan fingerprint density at radius 2 is 2.22 bits per heavy atom. The summed E-state index contributed by atoms with van der Waals surface area (Å²) < 4.78 is 7.97. The van der Waals surface area contributed by atoms with Gasteiger partial charge in [-0.1, -0.05) is 15.9 Å². The van der Waals surface area contributed by atoms with Crippen LogP contribution in [0.5, 0.6) is 5.75 Å². The van der Waals surface area contributed by atoms with Crippen LogP contribution >= 0.6 is 15.9 Å². The van der Waals surface area contributed by atoms with Gasteiger partial charge >= 0.3 is 0 Å². The molecule has 0 saturated heterocycles. The van der Waals surface area contributed by atoms with Crippen LogP contribution in [0.2, 0.25) is 0 Å². The maximum absolute atomic E-state index is 9.28. The SMILES string of the molecule is COc1ccc(Br)cc1/C(=C/C#N)n1cc(-c2ncnc3[nH]ccc23)cn1. The largest absolute Gasteiger partial charge is 0.496 e. The van der Waals surface area contributed by atoms with Gasteiger partial charge in [0.15, 0.2) is 0 Å². The Kier molecular flexibility index (Phi) is 4.44. The van der Waals surface area contributed by atoms with E-state index < -0.39 is 0 Å². The molecule has 0 saturated carbocycles. The van der Waals surface area contributed by atoms with Gasteiger partial charge in [-0.05, 0) is 24.3 Å². The molecule has 132 valence electrons. The number of benzene rings is 1. The third kappa shape index (κ3) is 3.09. The topological polar surface area (TPSA) is 92.4 Å². The molecule has 3 heterocycles. The van der Waals surface area contributed by atoms with Gasteiger partial charge in [0, 0.05) is 39.5 Å². The fourth-order valence-electron chi connectivity index (χ4n) is 2.89. The number of nitrogens with zero attached hydrogens (tertiary/aromatic N) is 5. The predicted octanol–water partition coefficient (Wildman–Crippen LogP) is 4.01. The summed E-state index contributed by atoms with van der Waals surface area (Å²) in [5, 5.41) is 14.6. The van der Waals surface area contributed by atoms with E-state index in [-0.39, 0.29) is 0 Å². The lowest BCUT2D eigenvalue weighted by Gasteiger charge is -2.12. The second-order valence-electron chi connectivity index (χ2n) is 5.64. The maximum Gasteiger partial charge on any atom is 0.141 e. The number of nitriles is 1. The molecule has 0 aliphatic rings. The molecule has 1 N–H and O–H groups in total. The Hall–Kier alpha value is -3.44. The van der Waals surface area contributed by atoms with Crippen LogP contribution < -0.4 is 4.74 Å². The van der Waals surface area contributed by atoms with Crippen LogP contribution in [-0.2, 0) is 0 Å². The lowest BCUT2D eigenvalue weighted by Crippen LogP contribution is -2.02. The van der Waals surface area contributed by atoms with E-state index >= 15 is 0 Å². The second-order valence-corrected chi connectivity index (χ2v) is 6.55. The molecular formula is C19H13BrN6O. The summed E-state index contributed by atoms with van der Waals surface area (Å²) in [6.45, 7) is 0. The van der Waals surface area contributed by atoms with Gasteiger partial charge in [0.1, 0.15) is 17.7 Å². The Labute approximate surface area is 163 Å². The minimum atomic E-state index is 0.598. The smallest absolute Gasteiger partial charge is 0.141 e. The maximum atomic E-state index is 9.28. The van der Waals surface area contributed by atoms with E-state index in [2.05, 4.69) is 42.0 Å². The quantitative estimate of drug-likeness (QED) is 0.503. The summed E-state index contributed by atoms with van der Waals surface area (Å²) in [4.78, 5) is 11.7. The van der Waals surface area contributed by atoms with E-state index in [1.165, 1.54) is 12.4 Å². The molecule has 0 aliphatic carbocycles. The van der Waals surface area contributed by atoms with Gasteiger partial charge < -0.3 is 9.72 Å². The van der Waals surface area contributed by atoms with Crippen molar-refractivity contribution in [3.8, 4) is 23.1 Å². The molecule has 0 aliphatic heterocycles. The van der Waals surface area contributed by atoms with Crippen LogP contribution in [-0.4, -0.2) is 31.8 Å². The number of methoxy groups -OCH3 is 1. The molecule has 0 amide bonds. The molecule has 0 atom stereocenters. The Bertz CT molecular complexity index is 1200. The number of aromatic amines is 1. The second kappa shape index (κ2) is 7.05. The highest BCUT2D eigenvalue weighted by atomic mass is 79.9. The zero-order valence-electron chi connectivity index (χ0n) is 14.2. The number of ether oxygens (including phenoxy) is 1. The van der Waals surface area contributed by atoms with E-state index in [4.69, 9.17) is 4.74 Å². The average molecular weight is 421 g/mol. The summed E-state index contributed by atoms with van der Waals surface area (Å²) in [6.07, 6.45) is 8.31. The molecule has 8 heteroatoms. The minimum Gasteiger partial charge on any atom is -0.496 e. The highest BCUT2D eigenvalue weighted by Gasteiger charge is 2.15. The first-order valence-corrected chi connectivity index (χ1v) is 8.77. The number of rotatable bonds is 4. The molecular weight excluding hydrogens is 408 g/mol. The van der Waals surface area contributed by atoms with Crippen molar-refractivity contribution >= 4 is 32.7 Å². The molecule has 0 bridgehead atoms. The highest BCUT2D eigenvalue weighted by Crippen LogP contribution is 2.31. The number of allylic oxidation sites excluding steroid dienone is 1. The van der Waals surface area contributed by atoms with E-state index in [0.29, 0.717) is 11.4 Å². The molecule has 0 unspecified atom stereocenters. The van der Waals surface area contributed by atoms with Crippen molar-refractivity contribution in [2.75, 3.05) is 7.11 Å². The normalized spacial score (nSPS) is 11.5. The van der Waals surface area contributed by atoms with Crippen LogP contribution in [0.15, 0.2) is 59.7 Å². The van der Waals surface area contributed by atoms with E-state index in [9.17, 15) is 5.26 Å². The number of fused-ring (bicyclic) bond motifs is 1. The van der Waals surface area contributed by atoms with Crippen LogP contribution in [0.25, 0.3) is 28.0 Å². The van der Waals surface area contributed by atoms with Gasteiger partial charge in [0.05, 0.1) is 30.8 Å². The lowest BCUT2D eigenvalue weighted by molar-refractivity contribution is 0.413. The Morgan fingerprint density at radius 3 is 3.04 bits per heavy atom. The van der Waals surface area contributed by atoms with E-state index in [1.54, 1.807) is 18.0 Å². The molecule has 4 rings (SSSR count). The van der Waals surface area contributed by atoms with Crippen LogP contribution in [0, 0.1) is 11.3 Å². The minimum absolute atomic E-state index is 0.598. The number of hydrogen-bond acceptors (Lipinski definition) is 5. The number of hydrogen-bond donors (Lipinski definition) is 1. The lowest BCUT2D eigenvalue weighted by atomic mass is 10.1. The van der Waals surface area contributed by atoms with E-state index in [0.717, 1.165) is 32.3 Å². The van der Waals surface area contributed by atoms with Gasteiger partial charge in [0.2, 0.25) is 0 Å². The molecule has 4 aromatic rings. The van der Waals surface area contributed by atoms with Crippen molar-refractivity contribution in [3.63, 3.8) is 0 Å². The number of halogens is 1. The fraction of sp³-hybridized carbons (Fsp3) is 0.0526. The first-order chi connectivity index (χ1) is 13.2. The number of aromatic nitrogens is 5. The summed E-state index contributed by atoms with van der Waals surface area (Å²) in [5.74, 6) is 0.645. The summed E-state index contributed by atoms with van der Waals surface area (Å²) in [5.41, 5.74) is 3.69. The zero-order chi connectivity index (χ0) is 18.8. The van der Waals surface area contributed by atoms with Gasteiger partial charge in [-0.15, -0.1) is 0 Å². The molecule has 0 fully saturated rings. The van der Waals surface area contributed by atoms with Crippen molar-refractivity contribution in [1.29, 1.82) is 5.26 Å². The number of nitrogens with one attached hydrogen (secondary N) is 1. The Morgan fingerprint density at radius 1 is 1.33 bits per heavy atom. The van der Waals surface area contributed by atoms with Crippen LogP contribution in [0.1, 0.15) is 5.56 Å². The molecule has 0 radical (unpaired) electrons. The van der Waals surface area contributed by atoms with Crippen molar-refractivity contribution in [1.82, 2.24) is 24.7 Å². The number of H-pyrrole nitrogens is 1. The third-order valence-electron chi connectivity index (χ3n) is 4.10. The molecule has 1 aromatic carbocycles. The van der Waals surface area contributed by atoms with Gasteiger partial charge in [-0.3, -0.25) is 0 Å². The third-order valence-corrected chi connectivity index (χ3v) is 4.59. The van der Waals surface area contributed by atoms with Gasteiger partial charge in [-0.25, -0.2) is 14.6 Å². The van der Waals surface area contributed by atoms with Crippen LogP contribution in [0.4, 0.5) is 0 Å². The fourth-order valence-corrected chi connectivity index (χ4v) is 3.25. The molecule has 0 spiro atoms. The molecule has 7 nitrogen and oxygen atoms in total. The molecule has 3 aromatic heterocycles. The van der Waals surface area contributed by atoms with Crippen molar-refractivity contribution in [2.45, 2.75) is 0 Å². The zero-order valence-corrected chi connectivity index (χ0v) is 15.8. The highest BCUT2D eigenvalue weighted by molar-refractivity contribution is 9.10. The van der Waals surface area contributed by atoms with Crippen molar-refractivity contribution in [2.24, 2.45) is 0 Å². The van der Waals surface area contributed by atoms with Crippen molar-refractivity contribution < 1.29 is 4.74 Å². The van der Waals surface area contributed by atoms with Crippen molar-refractivity contribution in [3.05, 3.63) is 65.3 Å². The monoisotopic (exact) mass is 420 g/mol. The average Bonchev–Trinajstić information content (AvgIpc) is 3.35. The summed E-state index contributed by atoms with van der Waals surface area (Å²) in [6, 6.07) is 9.61. The first-order valence-electron chi connectivity index (χ1n) is 7.98. The first kappa shape index (κ1) is 17.0.